The smallest absolute Gasteiger partial charge is 0.127 e. The highest BCUT2D eigenvalue weighted by molar-refractivity contribution is 9.10. The van der Waals surface area contributed by atoms with Crippen LogP contribution in [0.15, 0.2) is 10.5 Å². The van der Waals surface area contributed by atoms with Crippen molar-refractivity contribution in [1.82, 2.24) is 5.32 Å². The van der Waals surface area contributed by atoms with Crippen LogP contribution >= 0.6 is 27.7 Å². The molecular formula is C13H16BrNOS. The van der Waals surface area contributed by atoms with Crippen molar-refractivity contribution in [1.29, 1.82) is 0 Å². The molecule has 0 amide bonds. The molecule has 2 heterocycles. The van der Waals surface area contributed by atoms with E-state index in [4.69, 9.17) is 4.74 Å². The topological polar surface area (TPSA) is 21.3 Å². The SMILES string of the molecule is CCNC1CSCc2c3c(cc(Br)c21)CCO3. The van der Waals surface area contributed by atoms with Crippen LogP contribution < -0.4 is 10.1 Å². The Morgan fingerprint density at radius 2 is 2.47 bits per heavy atom. The molecule has 1 aromatic carbocycles. The molecule has 1 N–H and O–H groups in total. The summed E-state index contributed by atoms with van der Waals surface area (Å²) in [6.07, 6.45) is 1.05. The van der Waals surface area contributed by atoms with Crippen molar-refractivity contribution >= 4 is 27.7 Å². The molecule has 2 aliphatic heterocycles. The molecule has 0 fully saturated rings. The van der Waals surface area contributed by atoms with Crippen LogP contribution in [-0.2, 0) is 12.2 Å². The Morgan fingerprint density at radius 1 is 1.59 bits per heavy atom. The first-order chi connectivity index (χ1) is 8.31. The molecule has 92 valence electrons. The number of thioether (sulfide) groups is 1. The zero-order valence-electron chi connectivity index (χ0n) is 9.88. The van der Waals surface area contributed by atoms with Gasteiger partial charge in [-0.2, -0.15) is 11.8 Å². The molecule has 2 nitrogen and oxygen atoms in total. The van der Waals surface area contributed by atoms with Crippen molar-refractivity contribution in [2.24, 2.45) is 0 Å². The van der Waals surface area contributed by atoms with Crippen LogP contribution in [0.25, 0.3) is 0 Å². The van der Waals surface area contributed by atoms with E-state index in [9.17, 15) is 0 Å². The van der Waals surface area contributed by atoms with Gasteiger partial charge in [0.1, 0.15) is 5.75 Å². The van der Waals surface area contributed by atoms with Crippen LogP contribution in [0.4, 0.5) is 0 Å². The minimum Gasteiger partial charge on any atom is -0.493 e. The van der Waals surface area contributed by atoms with Crippen molar-refractivity contribution in [3.63, 3.8) is 0 Å². The van der Waals surface area contributed by atoms with Gasteiger partial charge < -0.3 is 10.1 Å². The maximum Gasteiger partial charge on any atom is 0.127 e. The van der Waals surface area contributed by atoms with E-state index in [2.05, 4.69) is 34.2 Å². The lowest BCUT2D eigenvalue weighted by Crippen LogP contribution is -2.27. The number of hydrogen-bond donors (Lipinski definition) is 1. The largest absolute Gasteiger partial charge is 0.493 e. The molecular weight excluding hydrogens is 298 g/mol. The van der Waals surface area contributed by atoms with Gasteiger partial charge in [-0.15, -0.1) is 0 Å². The van der Waals surface area contributed by atoms with Crippen molar-refractivity contribution in [2.75, 3.05) is 18.9 Å². The zero-order valence-corrected chi connectivity index (χ0v) is 12.3. The van der Waals surface area contributed by atoms with Crippen LogP contribution in [-0.4, -0.2) is 18.9 Å². The number of ether oxygens (including phenoxy) is 1. The first kappa shape index (κ1) is 11.9. The van der Waals surface area contributed by atoms with Gasteiger partial charge in [0.15, 0.2) is 0 Å². The molecule has 0 saturated carbocycles. The third-order valence-corrected chi connectivity index (χ3v) is 5.11. The second-order valence-corrected chi connectivity index (χ2v) is 6.35. The summed E-state index contributed by atoms with van der Waals surface area (Å²) >= 11 is 5.74. The van der Waals surface area contributed by atoms with Crippen molar-refractivity contribution in [3.8, 4) is 5.75 Å². The molecule has 0 bridgehead atoms. The summed E-state index contributed by atoms with van der Waals surface area (Å²) in [5.74, 6) is 3.40. The van der Waals surface area contributed by atoms with Crippen LogP contribution in [0.2, 0.25) is 0 Å². The highest BCUT2D eigenvalue weighted by Gasteiger charge is 2.29. The van der Waals surface area contributed by atoms with Crippen molar-refractivity contribution in [2.45, 2.75) is 25.1 Å². The van der Waals surface area contributed by atoms with Crippen molar-refractivity contribution < 1.29 is 4.74 Å². The Balaban J connectivity index is 2.11. The minimum absolute atomic E-state index is 0.456. The Labute approximate surface area is 115 Å². The molecule has 2 aliphatic rings. The normalized spacial score (nSPS) is 21.9. The van der Waals surface area contributed by atoms with Gasteiger partial charge >= 0.3 is 0 Å². The Bertz CT molecular complexity index is 450. The maximum atomic E-state index is 5.82. The van der Waals surface area contributed by atoms with E-state index in [0.29, 0.717) is 6.04 Å². The summed E-state index contributed by atoms with van der Waals surface area (Å²) in [4.78, 5) is 0. The number of halogens is 1. The number of fused-ring (bicyclic) bond motifs is 3. The number of hydrogen-bond acceptors (Lipinski definition) is 3. The van der Waals surface area contributed by atoms with Crippen LogP contribution in [0.3, 0.4) is 0 Å². The Hall–Kier alpha value is -0.190. The minimum atomic E-state index is 0.456. The lowest BCUT2D eigenvalue weighted by atomic mass is 9.97. The molecule has 1 aromatic rings. The third kappa shape index (κ3) is 2.00. The predicted molar refractivity (Wildman–Crippen MR) is 75.9 cm³/mol. The Morgan fingerprint density at radius 3 is 3.29 bits per heavy atom. The molecule has 0 spiro atoms. The molecule has 1 atom stereocenters. The van der Waals surface area contributed by atoms with Gasteiger partial charge in [-0.1, -0.05) is 22.9 Å². The van der Waals surface area contributed by atoms with E-state index < -0.39 is 0 Å². The van der Waals surface area contributed by atoms with Crippen LogP contribution in [0.5, 0.6) is 5.75 Å². The summed E-state index contributed by atoms with van der Waals surface area (Å²) in [5, 5.41) is 3.57. The van der Waals surface area contributed by atoms with E-state index in [1.165, 1.54) is 26.9 Å². The van der Waals surface area contributed by atoms with Gasteiger partial charge in [-0.3, -0.25) is 0 Å². The van der Waals surface area contributed by atoms with Gasteiger partial charge in [-0.05, 0) is 23.7 Å². The quantitative estimate of drug-likeness (QED) is 0.905. The Kier molecular flexibility index (Phi) is 3.37. The third-order valence-electron chi connectivity index (χ3n) is 3.40. The second kappa shape index (κ2) is 4.82. The van der Waals surface area contributed by atoms with Crippen LogP contribution in [0, 0.1) is 0 Å². The zero-order chi connectivity index (χ0) is 11.8. The van der Waals surface area contributed by atoms with E-state index in [1.807, 2.05) is 11.8 Å². The second-order valence-electron chi connectivity index (χ2n) is 4.46. The van der Waals surface area contributed by atoms with E-state index >= 15 is 0 Å². The summed E-state index contributed by atoms with van der Waals surface area (Å²) in [5.41, 5.74) is 4.20. The fourth-order valence-electron chi connectivity index (χ4n) is 2.67. The van der Waals surface area contributed by atoms with Crippen molar-refractivity contribution in [3.05, 3.63) is 27.2 Å². The molecule has 1 unspecified atom stereocenters. The van der Waals surface area contributed by atoms with Crippen LogP contribution in [0.1, 0.15) is 29.7 Å². The molecule has 0 aliphatic carbocycles. The van der Waals surface area contributed by atoms with E-state index in [0.717, 1.165) is 31.1 Å². The van der Waals surface area contributed by atoms with Gasteiger partial charge in [-0.25, -0.2) is 0 Å². The fraction of sp³-hybridized carbons (Fsp3) is 0.538. The van der Waals surface area contributed by atoms with E-state index in [1.54, 1.807) is 0 Å². The average molecular weight is 314 g/mol. The van der Waals surface area contributed by atoms with Gasteiger partial charge in [0.2, 0.25) is 0 Å². The summed E-state index contributed by atoms with van der Waals surface area (Å²) < 4.78 is 7.07. The standard InChI is InChI=1S/C13H16BrNOS/c1-2-15-11-7-17-6-9-12(11)10(14)5-8-3-4-16-13(8)9/h5,11,15H,2-4,6-7H2,1H3. The molecule has 0 radical (unpaired) electrons. The summed E-state index contributed by atoms with van der Waals surface area (Å²) in [6.45, 7) is 4.01. The number of nitrogens with one attached hydrogen (secondary N) is 1. The lowest BCUT2D eigenvalue weighted by Gasteiger charge is -2.28. The van der Waals surface area contributed by atoms with E-state index in [-0.39, 0.29) is 0 Å². The molecule has 4 heteroatoms. The molecule has 3 rings (SSSR count). The first-order valence-corrected chi connectivity index (χ1v) is 8.04. The highest BCUT2D eigenvalue weighted by Crippen LogP contribution is 2.44. The lowest BCUT2D eigenvalue weighted by molar-refractivity contribution is 0.353. The number of benzene rings is 1. The first-order valence-electron chi connectivity index (χ1n) is 6.09. The molecule has 0 aromatic heterocycles. The molecule has 17 heavy (non-hydrogen) atoms. The maximum absolute atomic E-state index is 5.82. The fourth-order valence-corrected chi connectivity index (χ4v) is 4.60. The predicted octanol–water partition coefficient (Wildman–Crippen LogP) is 3.28. The average Bonchev–Trinajstić information content (AvgIpc) is 2.78. The summed E-state index contributed by atoms with van der Waals surface area (Å²) in [7, 11) is 0. The molecule has 0 saturated heterocycles. The summed E-state index contributed by atoms with van der Waals surface area (Å²) in [6, 6.07) is 2.71. The van der Waals surface area contributed by atoms with Gasteiger partial charge in [0.25, 0.3) is 0 Å². The number of rotatable bonds is 2. The van der Waals surface area contributed by atoms with Gasteiger partial charge in [0, 0.05) is 34.0 Å². The monoisotopic (exact) mass is 313 g/mol. The van der Waals surface area contributed by atoms with Gasteiger partial charge in [0.05, 0.1) is 6.61 Å². The highest BCUT2D eigenvalue weighted by atomic mass is 79.9.